The van der Waals surface area contributed by atoms with E-state index in [9.17, 15) is 26.4 Å². The first kappa shape index (κ1) is 26.2. The zero-order valence-electron chi connectivity index (χ0n) is 18.3. The van der Waals surface area contributed by atoms with Crippen molar-refractivity contribution in [1.29, 1.82) is 0 Å². The van der Waals surface area contributed by atoms with Gasteiger partial charge in [0.25, 0.3) is 23.5 Å². The van der Waals surface area contributed by atoms with Gasteiger partial charge in [0.2, 0.25) is 0 Å². The lowest BCUT2D eigenvalue weighted by Crippen LogP contribution is -2.51. The fourth-order valence-electron chi connectivity index (χ4n) is 3.29. The zero-order chi connectivity index (χ0) is 26.3. The predicted octanol–water partition coefficient (Wildman–Crippen LogP) is 3.26. The first-order chi connectivity index (χ1) is 16.8. The van der Waals surface area contributed by atoms with E-state index >= 15 is 0 Å². The van der Waals surface area contributed by atoms with Crippen LogP contribution in [0.15, 0.2) is 18.5 Å². The van der Waals surface area contributed by atoms with Crippen LogP contribution in [-0.4, -0.2) is 68.7 Å². The van der Waals surface area contributed by atoms with Crippen LogP contribution < -0.4 is 14.8 Å². The van der Waals surface area contributed by atoms with Crippen LogP contribution in [0.3, 0.4) is 0 Å². The smallest absolute Gasteiger partial charge is 0.422 e. The number of imidazole rings is 1. The number of ether oxygens (including phenoxy) is 2. The van der Waals surface area contributed by atoms with Crippen molar-refractivity contribution in [1.82, 2.24) is 29.9 Å². The van der Waals surface area contributed by atoms with Gasteiger partial charge in [-0.25, -0.2) is 23.4 Å². The van der Waals surface area contributed by atoms with Gasteiger partial charge < -0.3 is 14.8 Å². The minimum atomic E-state index is -4.62. The third-order valence-electron chi connectivity index (χ3n) is 5.23. The molecule has 1 aliphatic heterocycles. The van der Waals surface area contributed by atoms with Crippen molar-refractivity contribution in [3.8, 4) is 17.6 Å². The summed E-state index contributed by atoms with van der Waals surface area (Å²) in [6, 6.07) is 1.27. The summed E-state index contributed by atoms with van der Waals surface area (Å²) in [6.07, 6.45) is -1.90. The van der Waals surface area contributed by atoms with Gasteiger partial charge in [-0.15, -0.1) is 5.10 Å². The van der Waals surface area contributed by atoms with E-state index in [2.05, 4.69) is 30.1 Å². The van der Waals surface area contributed by atoms with Crippen molar-refractivity contribution >= 4 is 44.6 Å². The van der Waals surface area contributed by atoms with Gasteiger partial charge in [0.15, 0.2) is 23.1 Å². The molecule has 3 aromatic heterocycles. The topological polar surface area (TPSA) is 138 Å². The van der Waals surface area contributed by atoms with Gasteiger partial charge in [0.1, 0.15) is 14.9 Å². The number of rotatable bonds is 6. The molecule has 0 aromatic carbocycles. The monoisotopic (exact) mass is 568 g/mol. The maximum Gasteiger partial charge on any atom is 0.422 e. The number of nitrogens with one attached hydrogen (secondary N) is 1. The number of carbonyl (C=O) groups excluding carboxylic acids is 1. The summed E-state index contributed by atoms with van der Waals surface area (Å²) in [5.41, 5.74) is -0.896. The van der Waals surface area contributed by atoms with Crippen molar-refractivity contribution in [3.63, 3.8) is 0 Å². The van der Waals surface area contributed by atoms with Crippen LogP contribution in [0.25, 0.3) is 5.65 Å². The molecule has 4 heterocycles. The second-order valence-corrected chi connectivity index (χ2v) is 11.2. The molecule has 17 heteroatoms. The predicted molar refractivity (Wildman–Crippen MR) is 120 cm³/mol. The van der Waals surface area contributed by atoms with Gasteiger partial charge in [-0.2, -0.15) is 17.7 Å². The Balaban J connectivity index is 1.58. The van der Waals surface area contributed by atoms with E-state index in [4.69, 9.17) is 27.9 Å². The van der Waals surface area contributed by atoms with Crippen molar-refractivity contribution < 1.29 is 35.9 Å². The van der Waals surface area contributed by atoms with Crippen molar-refractivity contribution in [3.05, 3.63) is 34.3 Å². The minimum Gasteiger partial charge on any atom is -0.464 e. The molecule has 0 aliphatic carbocycles. The Morgan fingerprint density at radius 3 is 2.44 bits per heavy atom. The van der Waals surface area contributed by atoms with E-state index in [1.807, 2.05) is 0 Å². The lowest BCUT2D eigenvalue weighted by Gasteiger charge is -2.34. The highest BCUT2D eigenvalue weighted by Crippen LogP contribution is 2.33. The molecule has 0 saturated carbocycles. The van der Waals surface area contributed by atoms with Crippen LogP contribution in [0, 0.1) is 0 Å². The molecule has 1 saturated heterocycles. The average Bonchev–Trinajstić information content (AvgIpc) is 3.11. The van der Waals surface area contributed by atoms with Crippen LogP contribution in [0.5, 0.6) is 17.6 Å². The van der Waals surface area contributed by atoms with Gasteiger partial charge in [0.05, 0.1) is 11.5 Å². The lowest BCUT2D eigenvalue weighted by molar-refractivity contribution is -0.154. The van der Waals surface area contributed by atoms with Gasteiger partial charge in [-0.05, 0) is 19.8 Å². The summed E-state index contributed by atoms with van der Waals surface area (Å²) < 4.78 is 72.1. The third-order valence-corrected chi connectivity index (χ3v) is 7.50. The summed E-state index contributed by atoms with van der Waals surface area (Å²) in [5, 5.41) is 6.52. The average molecular weight is 569 g/mol. The largest absolute Gasteiger partial charge is 0.464 e. The van der Waals surface area contributed by atoms with Crippen molar-refractivity contribution in [2.24, 2.45) is 0 Å². The number of carbonyl (C=O) groups is 1. The number of hydrogen-bond donors (Lipinski definition) is 1. The van der Waals surface area contributed by atoms with E-state index in [0.29, 0.717) is 0 Å². The molecule has 0 bridgehead atoms. The number of sulfone groups is 1. The van der Waals surface area contributed by atoms with Crippen LogP contribution in [0.4, 0.5) is 13.2 Å². The van der Waals surface area contributed by atoms with E-state index in [-0.39, 0.29) is 51.7 Å². The maximum atomic E-state index is 12.9. The fourth-order valence-corrected chi connectivity index (χ4v) is 5.45. The first-order valence-electron chi connectivity index (χ1n) is 10.2. The third kappa shape index (κ3) is 5.90. The molecular formula is C19H17Cl2F3N6O5S. The summed E-state index contributed by atoms with van der Waals surface area (Å²) in [5.74, 6) is -2.08. The van der Waals surface area contributed by atoms with Crippen LogP contribution >= 0.6 is 23.2 Å². The van der Waals surface area contributed by atoms with Crippen molar-refractivity contribution in [2.45, 2.75) is 31.5 Å². The Kier molecular flexibility index (Phi) is 6.92. The van der Waals surface area contributed by atoms with E-state index in [1.54, 1.807) is 6.92 Å². The Labute approximate surface area is 211 Å². The van der Waals surface area contributed by atoms with Gasteiger partial charge in [0, 0.05) is 24.0 Å². The summed E-state index contributed by atoms with van der Waals surface area (Å²) in [7, 11) is -3.14. The highest BCUT2D eigenvalue weighted by molar-refractivity contribution is 7.91. The van der Waals surface area contributed by atoms with Gasteiger partial charge >= 0.3 is 6.18 Å². The number of halogens is 5. The maximum absolute atomic E-state index is 12.9. The molecule has 36 heavy (non-hydrogen) atoms. The number of nitrogens with zero attached hydrogens (tertiary/aromatic N) is 5. The van der Waals surface area contributed by atoms with Crippen LogP contribution in [-0.2, 0) is 9.84 Å². The number of alkyl halides is 3. The summed E-state index contributed by atoms with van der Waals surface area (Å²) in [6.45, 7) is 0.0998. The molecular weight excluding hydrogens is 552 g/mol. The molecule has 0 spiro atoms. The van der Waals surface area contributed by atoms with Gasteiger partial charge in [-0.1, -0.05) is 23.2 Å². The van der Waals surface area contributed by atoms with Crippen LogP contribution in [0.1, 0.15) is 30.3 Å². The first-order valence-corrected chi connectivity index (χ1v) is 12.8. The molecule has 4 rings (SSSR count). The molecule has 1 N–H and O–H groups in total. The summed E-state index contributed by atoms with van der Waals surface area (Å²) >= 11 is 12.5. The van der Waals surface area contributed by atoms with E-state index < -0.39 is 45.8 Å². The molecule has 0 radical (unpaired) electrons. The molecule has 0 atom stereocenters. The molecule has 1 fully saturated rings. The SMILES string of the molecule is CC1(NC(=O)c2nc3cc(Cl)c(Oc4nccnc4OCC(F)(F)F)nn3c2Cl)CCS(=O)(=O)CC1. The second kappa shape index (κ2) is 9.52. The normalized spacial score (nSPS) is 17.1. The van der Waals surface area contributed by atoms with E-state index in [1.165, 1.54) is 6.07 Å². The highest BCUT2D eigenvalue weighted by Gasteiger charge is 2.36. The zero-order valence-corrected chi connectivity index (χ0v) is 20.7. The van der Waals surface area contributed by atoms with Gasteiger partial charge in [-0.3, -0.25) is 4.79 Å². The Morgan fingerprint density at radius 1 is 1.17 bits per heavy atom. The number of hydrogen-bond acceptors (Lipinski definition) is 9. The quantitative estimate of drug-likeness (QED) is 0.474. The molecule has 0 unspecified atom stereocenters. The number of aromatic nitrogens is 5. The van der Waals surface area contributed by atoms with Crippen LogP contribution in [0.2, 0.25) is 10.2 Å². The highest BCUT2D eigenvalue weighted by atomic mass is 35.5. The molecule has 11 nitrogen and oxygen atoms in total. The molecule has 3 aromatic rings. The molecule has 1 aliphatic rings. The van der Waals surface area contributed by atoms with E-state index in [0.717, 1.165) is 16.9 Å². The summed E-state index contributed by atoms with van der Waals surface area (Å²) in [4.78, 5) is 24.5. The molecule has 194 valence electrons. The fraction of sp³-hybridized carbons (Fsp3) is 0.421. The standard InChI is InChI=1S/C19H17Cl2F3N6O5S/c1-18(2-6-36(32,33)7-3-18)28-14(31)12-13(21)30-11(27-12)8-10(20)15(29-30)35-17-16(25-4-5-26-17)34-9-19(22,23)24/h4-5,8H,2-3,6-7,9H2,1H3,(H,28,31). The Bertz CT molecular complexity index is 1420. The molecule has 1 amide bonds. The van der Waals surface area contributed by atoms with Crippen molar-refractivity contribution in [2.75, 3.05) is 18.1 Å². The Hall–Kier alpha value is -2.91. The number of fused-ring (bicyclic) bond motifs is 1. The lowest BCUT2D eigenvalue weighted by atomic mass is 9.95. The Morgan fingerprint density at radius 2 is 1.81 bits per heavy atom. The number of amides is 1. The minimum absolute atomic E-state index is 0.0579. The second-order valence-electron chi connectivity index (χ2n) is 8.16.